The molecule has 622 valence electrons. The van der Waals surface area contributed by atoms with E-state index in [-0.39, 0.29) is 77.1 Å². The maximum absolute atomic E-state index is 13.7. The fourth-order valence-electron chi connectivity index (χ4n) is 13.1. The van der Waals surface area contributed by atoms with Gasteiger partial charge in [-0.1, -0.05) is 41.9 Å². The van der Waals surface area contributed by atoms with Crippen molar-refractivity contribution in [3.05, 3.63) is 222 Å². The second-order valence-corrected chi connectivity index (χ2v) is 31.7. The maximum atomic E-state index is 13.7. The van der Waals surface area contributed by atoms with E-state index in [0.29, 0.717) is 141 Å². The molecular formula is C88H99ClF2N18O10. The molecule has 0 atom stereocenters. The SMILES string of the molecule is CN(C(=O)OC(C)(C)C)C1CC(O)C1.CN(C(=O)OC(C)(C)C)C1CC(Oc2nc3ccc(C(=O)NCCCc4ncc[nH]4)cc3nc2-c2ccc(F)cc2)C1.CNC1CC(Oc2nc3ccc(C(=O)NCCCc4ncc[nH]4)cc3nc2-c2ccccc2)C1.O=C(NCCCc1ncc[nH]1)c1ccc2nc(Cl)c(-c3ccc(F)cc3)nc2c1. The maximum Gasteiger partial charge on any atom is 0.410 e. The summed E-state index contributed by atoms with van der Waals surface area (Å²) in [7, 11) is 5.41. The van der Waals surface area contributed by atoms with Gasteiger partial charge in [-0.15, -0.1) is 0 Å². The average Bonchev–Trinajstić information content (AvgIpc) is 1.31. The zero-order valence-electron chi connectivity index (χ0n) is 67.9. The van der Waals surface area contributed by atoms with Crippen LogP contribution in [0.3, 0.4) is 0 Å². The Morgan fingerprint density at radius 1 is 0.471 bits per heavy atom. The highest BCUT2D eigenvalue weighted by atomic mass is 35.5. The Labute approximate surface area is 692 Å². The molecule has 0 spiro atoms. The number of ether oxygens (including phenoxy) is 4. The number of aryl methyl sites for hydroxylation is 3. The number of benzene rings is 6. The number of aliphatic hydroxyl groups excluding tert-OH is 1. The third-order valence-corrected chi connectivity index (χ3v) is 20.2. The van der Waals surface area contributed by atoms with Crippen molar-refractivity contribution in [1.29, 1.82) is 0 Å². The number of hydrogen-bond acceptors (Lipinski definition) is 20. The fraction of sp³-hybridized carbons (Fsp3) is 0.364. The Balaban J connectivity index is 0.000000153. The first-order chi connectivity index (χ1) is 57.1. The van der Waals surface area contributed by atoms with Crippen LogP contribution in [0.1, 0.15) is 148 Å². The largest absolute Gasteiger partial charge is 0.473 e. The van der Waals surface area contributed by atoms with Crippen LogP contribution in [0, 0.1) is 11.6 Å². The summed E-state index contributed by atoms with van der Waals surface area (Å²) in [6, 6.07) is 37.9. The second kappa shape index (κ2) is 39.7. The molecule has 3 aliphatic carbocycles. The van der Waals surface area contributed by atoms with E-state index in [0.717, 1.165) is 74.4 Å². The summed E-state index contributed by atoms with van der Waals surface area (Å²) in [6.07, 6.45) is 18.5. The number of amides is 5. The number of carbonyl (C=O) groups excluding carboxylic acids is 5. The van der Waals surface area contributed by atoms with Crippen LogP contribution in [-0.2, 0) is 28.7 Å². The number of halogens is 3. The highest BCUT2D eigenvalue weighted by Crippen LogP contribution is 2.37. The molecule has 28 nitrogen and oxygen atoms in total. The van der Waals surface area contributed by atoms with E-state index in [1.807, 2.05) is 85.0 Å². The van der Waals surface area contributed by atoms with E-state index >= 15 is 0 Å². The van der Waals surface area contributed by atoms with Crippen LogP contribution in [0.2, 0.25) is 5.15 Å². The number of hydrogen-bond donors (Lipinski definition) is 8. The predicted octanol–water partition coefficient (Wildman–Crippen LogP) is 14.4. The molecule has 5 amide bonds. The monoisotopic (exact) mass is 1640 g/mol. The van der Waals surface area contributed by atoms with Gasteiger partial charge >= 0.3 is 12.2 Å². The lowest BCUT2D eigenvalue weighted by Crippen LogP contribution is -2.51. The average molecular weight is 1640 g/mol. The minimum absolute atomic E-state index is 0.0207. The minimum Gasteiger partial charge on any atom is -0.473 e. The molecule has 0 unspecified atom stereocenters. The lowest BCUT2D eigenvalue weighted by atomic mass is 9.88. The molecule has 3 fully saturated rings. The van der Waals surface area contributed by atoms with Gasteiger partial charge in [-0.2, -0.15) is 0 Å². The van der Waals surface area contributed by atoms with Gasteiger partial charge in [0.1, 0.15) is 69.6 Å². The zero-order chi connectivity index (χ0) is 84.3. The van der Waals surface area contributed by atoms with E-state index < -0.39 is 11.2 Å². The summed E-state index contributed by atoms with van der Waals surface area (Å²) in [4.78, 5) is 115. The number of H-pyrrole nitrogens is 3. The van der Waals surface area contributed by atoms with E-state index in [2.05, 4.69) is 61.1 Å². The van der Waals surface area contributed by atoms with Crippen molar-refractivity contribution >= 4 is 74.6 Å². The quantitative estimate of drug-likeness (QED) is 0.0246. The van der Waals surface area contributed by atoms with E-state index in [9.17, 15) is 32.8 Å². The van der Waals surface area contributed by atoms with Gasteiger partial charge in [-0.3, -0.25) is 14.4 Å². The van der Waals surface area contributed by atoms with Crippen LogP contribution >= 0.6 is 11.6 Å². The van der Waals surface area contributed by atoms with Gasteiger partial charge < -0.3 is 70.1 Å². The molecular weight excluding hydrogens is 1540 g/mol. The molecule has 6 heterocycles. The first-order valence-electron chi connectivity index (χ1n) is 39.7. The van der Waals surface area contributed by atoms with E-state index in [1.165, 1.54) is 24.3 Å². The second-order valence-electron chi connectivity index (χ2n) is 31.3. The van der Waals surface area contributed by atoms with Crippen molar-refractivity contribution in [2.24, 2.45) is 0 Å². The predicted molar refractivity (Wildman–Crippen MR) is 449 cm³/mol. The number of aromatic nitrogens is 12. The van der Waals surface area contributed by atoms with Crippen molar-refractivity contribution in [3.63, 3.8) is 0 Å². The lowest BCUT2D eigenvalue weighted by Gasteiger charge is -2.41. The lowest BCUT2D eigenvalue weighted by molar-refractivity contribution is -0.0159. The fourth-order valence-corrected chi connectivity index (χ4v) is 13.3. The van der Waals surface area contributed by atoms with Gasteiger partial charge in [-0.25, -0.2) is 63.2 Å². The van der Waals surface area contributed by atoms with Crippen molar-refractivity contribution in [1.82, 2.24) is 90.9 Å². The molecule has 0 bridgehead atoms. The molecule has 6 aromatic carbocycles. The van der Waals surface area contributed by atoms with Gasteiger partial charge in [0.25, 0.3) is 17.7 Å². The summed E-state index contributed by atoms with van der Waals surface area (Å²) >= 11 is 6.25. The number of carbonyl (C=O) groups is 5. The normalized spacial score (nSPS) is 16.6. The third kappa shape index (κ3) is 24.2. The van der Waals surface area contributed by atoms with Crippen LogP contribution in [0.15, 0.2) is 171 Å². The summed E-state index contributed by atoms with van der Waals surface area (Å²) in [5, 5.41) is 21.4. The molecule has 0 saturated heterocycles. The molecule has 119 heavy (non-hydrogen) atoms. The van der Waals surface area contributed by atoms with Crippen molar-refractivity contribution in [2.45, 2.75) is 166 Å². The molecule has 15 rings (SSSR count). The highest BCUT2D eigenvalue weighted by Gasteiger charge is 2.39. The van der Waals surface area contributed by atoms with Crippen LogP contribution in [0.4, 0.5) is 18.4 Å². The number of nitrogens with one attached hydrogen (secondary N) is 7. The molecule has 6 aromatic heterocycles. The molecule has 0 aliphatic heterocycles. The van der Waals surface area contributed by atoms with Gasteiger partial charge in [0.05, 0.1) is 39.2 Å². The standard InChI is InChI=1S/C31H35FN6O4.C26H28N6O2.C21H17ClFN5O.C10H19NO3/c1-31(2,3)42-30(40)38(4)22-17-23(18-22)41-29-27(19-7-10-21(32)11-8-19)36-25-16-20(9-12-24(25)37-29)28(39)35-13-5-6-26-33-14-15-34-26;1-27-19-15-20(16-19)34-26-24(17-6-3-2-4-7-17)31-22-14-18(9-10-21(22)32-26)25(33)30-11-5-8-23-28-12-13-29-23;22-20-19(13-3-6-15(23)7-4-13)27-17-12-14(5-8-16(17)28-20)21(29)26-9-1-2-18-24-10-11-25-18;1-10(2,3)14-9(13)11(4)7-5-8(12)6-7/h7-12,14-16,22-23H,5-6,13,17-18H2,1-4H3,(H,33,34)(H,35,39);2-4,6-7,9-10,12-14,19-20,27H,5,8,11,15-16H2,1H3,(H,28,29)(H,30,33);3-8,10-12H,1-2,9H2,(H,24,25)(H,26,29);7-8,12H,5-6H2,1-4H3. The van der Waals surface area contributed by atoms with Crippen LogP contribution in [0.5, 0.6) is 11.8 Å². The van der Waals surface area contributed by atoms with Gasteiger partial charge in [0, 0.05) is 155 Å². The Kier molecular flexibility index (Phi) is 28.7. The van der Waals surface area contributed by atoms with Crippen molar-refractivity contribution in [2.75, 3.05) is 40.8 Å². The minimum atomic E-state index is -0.573. The van der Waals surface area contributed by atoms with Crippen LogP contribution < -0.4 is 30.7 Å². The van der Waals surface area contributed by atoms with Crippen LogP contribution in [-0.4, -0.2) is 193 Å². The zero-order valence-corrected chi connectivity index (χ0v) is 68.7. The molecule has 12 aromatic rings. The number of aliphatic hydroxyl groups is 1. The molecule has 31 heteroatoms. The van der Waals surface area contributed by atoms with Gasteiger partial charge in [-0.05, 0) is 197 Å². The Bertz CT molecular complexity index is 5390. The number of nitrogens with zero attached hydrogens (tertiary/aromatic N) is 11. The first-order valence-corrected chi connectivity index (χ1v) is 40.1. The topological polar surface area (TPSA) is 360 Å². The summed E-state index contributed by atoms with van der Waals surface area (Å²) in [6.45, 7) is 12.6. The summed E-state index contributed by atoms with van der Waals surface area (Å²) in [5.74, 6) is 2.30. The third-order valence-electron chi connectivity index (χ3n) is 19.9. The molecule has 0 radical (unpaired) electrons. The van der Waals surface area contributed by atoms with E-state index in [4.69, 9.17) is 55.6 Å². The number of fused-ring (bicyclic) bond motifs is 3. The Hall–Kier alpha value is -12.4. The molecule has 8 N–H and O–H groups in total. The first kappa shape index (κ1) is 85.9. The number of aromatic amines is 3. The number of rotatable bonds is 25. The molecule has 3 aliphatic rings. The van der Waals surface area contributed by atoms with Crippen molar-refractivity contribution in [3.8, 4) is 45.5 Å². The smallest absolute Gasteiger partial charge is 0.410 e. The Morgan fingerprint density at radius 3 is 1.20 bits per heavy atom. The Morgan fingerprint density at radius 2 is 0.832 bits per heavy atom. The van der Waals surface area contributed by atoms with Gasteiger partial charge in [0.15, 0.2) is 5.15 Å². The van der Waals surface area contributed by atoms with Crippen molar-refractivity contribution < 1.29 is 56.8 Å². The summed E-state index contributed by atoms with van der Waals surface area (Å²) in [5.41, 5.74) is 7.84. The summed E-state index contributed by atoms with van der Waals surface area (Å²) < 4.78 is 50.1. The van der Waals surface area contributed by atoms with Gasteiger partial charge in [0.2, 0.25) is 11.8 Å². The highest BCUT2D eigenvalue weighted by molar-refractivity contribution is 6.32. The van der Waals surface area contributed by atoms with E-state index in [1.54, 1.807) is 134 Å². The number of imidazole rings is 3. The van der Waals surface area contributed by atoms with Crippen LogP contribution in [0.25, 0.3) is 66.9 Å². The molecule has 3 saturated carbocycles.